The number of nitrogens with zero attached hydrogens (tertiary/aromatic N) is 7. The number of ether oxygens (including phenoxy) is 1. The van der Waals surface area contributed by atoms with Crippen LogP contribution in [0.3, 0.4) is 0 Å². The zero-order chi connectivity index (χ0) is 22.5. The minimum absolute atomic E-state index is 0.222. The molecule has 0 saturated carbocycles. The predicted octanol–water partition coefficient (Wildman–Crippen LogP) is 2.67. The molecule has 1 saturated heterocycles. The van der Waals surface area contributed by atoms with Gasteiger partial charge >= 0.3 is 5.69 Å². The monoisotopic (exact) mass is 453 g/mol. The summed E-state index contributed by atoms with van der Waals surface area (Å²) in [6.45, 7) is 9.18. The Bertz CT molecular complexity index is 1350. The minimum atomic E-state index is -0.365. The molecular weight excluding hydrogens is 430 g/mol. The van der Waals surface area contributed by atoms with E-state index < -0.39 is 0 Å². The zero-order valence-electron chi connectivity index (χ0n) is 18.2. The highest BCUT2D eigenvalue weighted by atomic mass is 35.5. The van der Waals surface area contributed by atoms with Crippen LogP contribution < -0.4 is 10.6 Å². The molecule has 0 bridgehead atoms. The second-order valence-corrected chi connectivity index (χ2v) is 9.37. The van der Waals surface area contributed by atoms with Gasteiger partial charge in [0.25, 0.3) is 0 Å². The molecule has 1 fully saturated rings. The Morgan fingerprint density at radius 3 is 2.56 bits per heavy atom. The highest BCUT2D eigenvalue weighted by Crippen LogP contribution is 2.26. The fraction of sp³-hybridized carbons (Fsp3) is 0.409. The number of hydrogen-bond acceptors (Lipinski definition) is 7. The third-order valence-corrected chi connectivity index (χ3v) is 5.82. The molecule has 5 rings (SSSR count). The lowest BCUT2D eigenvalue weighted by Crippen LogP contribution is -2.36. The molecule has 0 unspecified atom stereocenters. The number of anilines is 1. The lowest BCUT2D eigenvalue weighted by atomic mass is 9.96. The number of halogens is 1. The van der Waals surface area contributed by atoms with E-state index in [2.05, 4.69) is 20.1 Å². The standard InChI is InChI=1S/C22H24ClN7O2/c1-22(2,3)20-27-26-19-18-17(10-16(12-25-18)28-6-8-32-9-7-28)29(21(31)30(19)20)13-15-5-4-14(23)11-24-15/h4-5,10-12H,6-9,13H2,1-3H3. The Morgan fingerprint density at radius 1 is 1.09 bits per heavy atom. The second-order valence-electron chi connectivity index (χ2n) is 8.93. The molecule has 166 valence electrons. The topological polar surface area (TPSA) is 90.4 Å². The van der Waals surface area contributed by atoms with Crippen molar-refractivity contribution in [2.45, 2.75) is 32.7 Å². The molecule has 10 heteroatoms. The fourth-order valence-corrected chi connectivity index (χ4v) is 4.07. The van der Waals surface area contributed by atoms with Crippen LogP contribution in [0.1, 0.15) is 32.3 Å². The number of hydrogen-bond donors (Lipinski definition) is 0. The summed E-state index contributed by atoms with van der Waals surface area (Å²) in [5, 5.41) is 9.24. The van der Waals surface area contributed by atoms with E-state index in [1.165, 1.54) is 0 Å². The molecular formula is C22H24ClN7O2. The molecule has 0 aromatic carbocycles. The van der Waals surface area contributed by atoms with Crippen LogP contribution >= 0.6 is 11.6 Å². The molecule has 1 aliphatic rings. The van der Waals surface area contributed by atoms with Gasteiger partial charge in [-0.25, -0.2) is 14.2 Å². The smallest absolute Gasteiger partial charge is 0.336 e. The van der Waals surface area contributed by atoms with Crippen LogP contribution in [0.4, 0.5) is 5.69 Å². The molecule has 0 atom stereocenters. The van der Waals surface area contributed by atoms with Crippen LogP contribution in [0, 0.1) is 0 Å². The lowest BCUT2D eigenvalue weighted by molar-refractivity contribution is 0.122. The van der Waals surface area contributed by atoms with Gasteiger partial charge in [-0.15, -0.1) is 10.2 Å². The first-order chi connectivity index (χ1) is 15.3. The third-order valence-electron chi connectivity index (χ3n) is 5.60. The number of pyridine rings is 2. The Morgan fingerprint density at radius 2 is 1.88 bits per heavy atom. The first kappa shape index (κ1) is 20.8. The molecule has 5 heterocycles. The summed E-state index contributed by atoms with van der Waals surface area (Å²) in [6, 6.07) is 5.59. The third kappa shape index (κ3) is 3.61. The van der Waals surface area contributed by atoms with Crippen LogP contribution in [-0.4, -0.2) is 55.4 Å². The minimum Gasteiger partial charge on any atom is -0.378 e. The SMILES string of the molecule is CC(C)(C)c1nnc2c3ncc(N4CCOCC4)cc3n(Cc3ccc(Cl)cn3)c(=O)n12. The summed E-state index contributed by atoms with van der Waals surface area (Å²) in [5.74, 6) is 0.594. The van der Waals surface area contributed by atoms with Gasteiger partial charge in [0, 0.05) is 24.7 Å². The maximum Gasteiger partial charge on any atom is 0.336 e. The molecule has 0 amide bonds. The number of aromatic nitrogens is 6. The van der Waals surface area contributed by atoms with Gasteiger partial charge in [-0.3, -0.25) is 9.55 Å². The lowest BCUT2D eigenvalue weighted by Gasteiger charge is -2.28. The molecule has 4 aromatic heterocycles. The molecule has 9 nitrogen and oxygen atoms in total. The average Bonchev–Trinajstić information content (AvgIpc) is 3.24. The first-order valence-corrected chi connectivity index (χ1v) is 10.9. The molecule has 0 aliphatic carbocycles. The van der Waals surface area contributed by atoms with Crippen LogP contribution in [0.5, 0.6) is 0 Å². The van der Waals surface area contributed by atoms with Crippen molar-refractivity contribution in [3.05, 3.63) is 57.6 Å². The van der Waals surface area contributed by atoms with Crippen molar-refractivity contribution >= 4 is 34.0 Å². The maximum absolute atomic E-state index is 13.8. The van der Waals surface area contributed by atoms with E-state index in [-0.39, 0.29) is 17.6 Å². The van der Waals surface area contributed by atoms with E-state index in [0.717, 1.165) is 24.5 Å². The Hall–Kier alpha value is -3.04. The van der Waals surface area contributed by atoms with E-state index in [1.807, 2.05) is 39.1 Å². The van der Waals surface area contributed by atoms with Gasteiger partial charge in [0.15, 0.2) is 5.65 Å². The van der Waals surface area contributed by atoms with Crippen molar-refractivity contribution in [3.8, 4) is 0 Å². The summed E-state index contributed by atoms with van der Waals surface area (Å²) in [5.41, 5.74) is 2.85. The van der Waals surface area contributed by atoms with E-state index in [9.17, 15) is 4.79 Å². The zero-order valence-corrected chi connectivity index (χ0v) is 19.0. The average molecular weight is 454 g/mol. The van der Waals surface area contributed by atoms with Crippen molar-refractivity contribution in [3.63, 3.8) is 0 Å². The normalized spacial score (nSPS) is 15.1. The number of rotatable bonds is 3. The van der Waals surface area contributed by atoms with Gasteiger partial charge in [0.1, 0.15) is 11.3 Å². The van der Waals surface area contributed by atoms with Gasteiger partial charge in [-0.1, -0.05) is 32.4 Å². The first-order valence-electron chi connectivity index (χ1n) is 10.5. The summed E-state index contributed by atoms with van der Waals surface area (Å²) in [7, 11) is 0. The highest BCUT2D eigenvalue weighted by Gasteiger charge is 2.26. The molecule has 32 heavy (non-hydrogen) atoms. The van der Waals surface area contributed by atoms with Crippen molar-refractivity contribution in [2.24, 2.45) is 0 Å². The second kappa shape index (κ2) is 7.83. The van der Waals surface area contributed by atoms with Gasteiger partial charge in [-0.05, 0) is 18.2 Å². The van der Waals surface area contributed by atoms with Crippen LogP contribution in [0.15, 0.2) is 35.4 Å². The highest BCUT2D eigenvalue weighted by molar-refractivity contribution is 6.30. The van der Waals surface area contributed by atoms with Gasteiger partial charge in [0.05, 0.1) is 47.9 Å². The summed E-state index contributed by atoms with van der Waals surface area (Å²) in [6.07, 6.45) is 3.41. The molecule has 1 aliphatic heterocycles. The number of fused-ring (bicyclic) bond motifs is 3. The van der Waals surface area contributed by atoms with E-state index in [1.54, 1.807) is 21.2 Å². The van der Waals surface area contributed by atoms with Crippen molar-refractivity contribution < 1.29 is 4.74 Å². The van der Waals surface area contributed by atoms with Crippen molar-refractivity contribution in [2.75, 3.05) is 31.2 Å². The number of morpholine rings is 1. The Labute approximate surface area is 189 Å². The van der Waals surface area contributed by atoms with Crippen LogP contribution in [0.2, 0.25) is 5.02 Å². The molecule has 0 spiro atoms. The van der Waals surface area contributed by atoms with Crippen LogP contribution in [0.25, 0.3) is 16.7 Å². The predicted molar refractivity (Wildman–Crippen MR) is 123 cm³/mol. The maximum atomic E-state index is 13.8. The summed E-state index contributed by atoms with van der Waals surface area (Å²) >= 11 is 6.00. The molecule has 0 radical (unpaired) electrons. The van der Waals surface area contributed by atoms with E-state index in [0.29, 0.717) is 40.7 Å². The van der Waals surface area contributed by atoms with E-state index >= 15 is 0 Å². The summed E-state index contributed by atoms with van der Waals surface area (Å²) < 4.78 is 8.73. The Balaban J connectivity index is 1.77. The quantitative estimate of drug-likeness (QED) is 0.471. The van der Waals surface area contributed by atoms with Crippen LogP contribution in [-0.2, 0) is 16.7 Å². The van der Waals surface area contributed by atoms with E-state index in [4.69, 9.17) is 21.3 Å². The molecule has 4 aromatic rings. The fourth-order valence-electron chi connectivity index (χ4n) is 3.96. The van der Waals surface area contributed by atoms with Crippen molar-refractivity contribution in [1.82, 2.24) is 29.1 Å². The van der Waals surface area contributed by atoms with Gasteiger partial charge in [0.2, 0.25) is 0 Å². The largest absolute Gasteiger partial charge is 0.378 e. The summed E-state index contributed by atoms with van der Waals surface area (Å²) in [4.78, 5) is 25.1. The molecule has 0 N–H and O–H groups in total. The van der Waals surface area contributed by atoms with Crippen molar-refractivity contribution in [1.29, 1.82) is 0 Å². The van der Waals surface area contributed by atoms with Gasteiger partial charge in [-0.2, -0.15) is 0 Å². The van der Waals surface area contributed by atoms with Gasteiger partial charge < -0.3 is 9.64 Å². The Kier molecular flexibility index (Phi) is 5.10.